The Morgan fingerprint density at radius 1 is 1.03 bits per heavy atom. The van der Waals surface area contributed by atoms with Crippen molar-refractivity contribution in [2.45, 2.75) is 25.4 Å². The van der Waals surface area contributed by atoms with E-state index in [1.807, 2.05) is 0 Å². The number of hydrogen-bond donors (Lipinski definition) is 2. The predicted molar refractivity (Wildman–Crippen MR) is 97.7 cm³/mol. The average Bonchev–Trinajstić information content (AvgIpc) is 2.70. The molecule has 0 aliphatic heterocycles. The summed E-state index contributed by atoms with van der Waals surface area (Å²) in [6, 6.07) is 1.18. The molecule has 0 fully saturated rings. The Kier molecular flexibility index (Phi) is 7.69. The Morgan fingerprint density at radius 3 is 2.16 bits per heavy atom. The highest BCUT2D eigenvalue weighted by Crippen LogP contribution is 2.36. The number of hydrogen-bond acceptors (Lipinski definition) is 5. The van der Waals surface area contributed by atoms with Gasteiger partial charge in [0.2, 0.25) is 5.91 Å². The van der Waals surface area contributed by atoms with E-state index in [1.54, 1.807) is 0 Å². The fraction of sp³-hybridized carbons (Fsp3) is 0.222. The molecule has 0 bridgehead atoms. The van der Waals surface area contributed by atoms with Crippen LogP contribution in [0.25, 0.3) is 0 Å². The van der Waals surface area contributed by atoms with Crippen molar-refractivity contribution < 1.29 is 31.1 Å². The maximum Gasteiger partial charge on any atom is 0.416 e. The lowest BCUT2D eigenvalue weighted by molar-refractivity contribution is -0.143. The second kappa shape index (κ2) is 10.0. The molecule has 0 aliphatic carbocycles. The molecule has 1 aromatic heterocycles. The van der Waals surface area contributed by atoms with E-state index >= 15 is 0 Å². The van der Waals surface area contributed by atoms with Crippen molar-refractivity contribution in [1.29, 1.82) is 0 Å². The maximum atomic E-state index is 12.8. The summed E-state index contributed by atoms with van der Waals surface area (Å²) >= 11 is 0. The molecule has 13 heteroatoms. The first kappa shape index (κ1) is 23.8. The number of rotatable bonds is 7. The van der Waals surface area contributed by atoms with Gasteiger partial charge in [0.1, 0.15) is 12.7 Å². The lowest BCUT2D eigenvalue weighted by Gasteiger charge is -2.13. The predicted octanol–water partition coefficient (Wildman–Crippen LogP) is 3.05. The van der Waals surface area contributed by atoms with Crippen molar-refractivity contribution in [2.24, 2.45) is 10.8 Å². The number of aromatic nitrogens is 2. The van der Waals surface area contributed by atoms with Crippen LogP contribution in [0.3, 0.4) is 0 Å². The number of nitrogens with two attached hydrogens (primary N) is 1. The van der Waals surface area contributed by atoms with E-state index < -0.39 is 35.9 Å². The molecule has 3 N–H and O–H groups in total. The van der Waals surface area contributed by atoms with E-state index in [0.717, 1.165) is 23.6 Å². The van der Waals surface area contributed by atoms with Crippen LogP contribution in [0.2, 0.25) is 0 Å². The van der Waals surface area contributed by atoms with Crippen molar-refractivity contribution in [3.63, 3.8) is 0 Å². The van der Waals surface area contributed by atoms with E-state index in [4.69, 9.17) is 5.84 Å². The van der Waals surface area contributed by atoms with Gasteiger partial charge in [-0.3, -0.25) is 14.8 Å². The number of nitrogens with zero attached hydrogens (tertiary/aromatic N) is 4. The Morgan fingerprint density at radius 2 is 1.61 bits per heavy atom. The molecule has 1 aromatic carbocycles. The molecule has 7 nitrogen and oxygen atoms in total. The second-order valence-electron chi connectivity index (χ2n) is 6.10. The Bertz CT molecular complexity index is 911. The first-order valence-electron chi connectivity index (χ1n) is 8.46. The maximum absolute atomic E-state index is 12.8. The minimum absolute atomic E-state index is 0.0331. The second-order valence-corrected chi connectivity index (χ2v) is 6.10. The summed E-state index contributed by atoms with van der Waals surface area (Å²) in [4.78, 5) is 23.0. The average molecular weight is 446 g/mol. The van der Waals surface area contributed by atoms with Gasteiger partial charge in [0, 0.05) is 36.8 Å². The van der Waals surface area contributed by atoms with Crippen molar-refractivity contribution in [1.82, 2.24) is 20.3 Å². The first-order valence-corrected chi connectivity index (χ1v) is 8.46. The zero-order chi connectivity index (χ0) is 23.1. The summed E-state index contributed by atoms with van der Waals surface area (Å²) in [5.41, 5.74) is -2.51. The Hall–Kier alpha value is -3.48. The Labute approximate surface area is 172 Å². The van der Waals surface area contributed by atoms with Gasteiger partial charge in [-0.15, -0.1) is 0 Å². The first-order chi connectivity index (χ1) is 14.4. The smallest absolute Gasteiger partial charge is 0.348 e. The van der Waals surface area contributed by atoms with Crippen LogP contribution in [0.5, 0.6) is 0 Å². The molecule has 0 radical (unpaired) electrons. The molecule has 0 saturated heterocycles. The Balaban J connectivity index is 1.96. The minimum Gasteiger partial charge on any atom is -0.348 e. The van der Waals surface area contributed by atoms with E-state index in [-0.39, 0.29) is 18.2 Å². The summed E-state index contributed by atoms with van der Waals surface area (Å²) < 4.78 is 77.1. The van der Waals surface area contributed by atoms with E-state index in [2.05, 4.69) is 20.3 Å². The highest BCUT2D eigenvalue weighted by molar-refractivity contribution is 5.87. The van der Waals surface area contributed by atoms with Gasteiger partial charge in [-0.05, 0) is 23.8 Å². The molecule has 0 atom stereocenters. The van der Waals surface area contributed by atoms with Crippen LogP contribution < -0.4 is 11.2 Å². The molecule has 0 saturated carbocycles. The van der Waals surface area contributed by atoms with Crippen molar-refractivity contribution in [2.75, 3.05) is 0 Å². The SMILES string of the molecule is NN(C=CC(=O)NCc1cncnc1)C=NCc1cc(C(F)(F)F)cc(C(F)(F)F)c1. The quantitative estimate of drug-likeness (QED) is 0.170. The van der Waals surface area contributed by atoms with Crippen LogP contribution in [-0.2, 0) is 30.2 Å². The highest BCUT2D eigenvalue weighted by Gasteiger charge is 2.36. The number of amides is 1. The number of nitrogens with one attached hydrogen (secondary N) is 1. The number of hydrazine groups is 1. The van der Waals surface area contributed by atoms with Gasteiger partial charge >= 0.3 is 12.4 Å². The van der Waals surface area contributed by atoms with Crippen LogP contribution in [0, 0.1) is 0 Å². The van der Waals surface area contributed by atoms with Crippen molar-refractivity contribution in [3.05, 3.63) is 71.4 Å². The molecule has 0 aliphatic rings. The van der Waals surface area contributed by atoms with Gasteiger partial charge in [-0.2, -0.15) is 26.3 Å². The van der Waals surface area contributed by atoms with Gasteiger partial charge in [-0.1, -0.05) is 0 Å². The molecule has 1 amide bonds. The van der Waals surface area contributed by atoms with Gasteiger partial charge in [-0.25, -0.2) is 15.8 Å². The van der Waals surface area contributed by atoms with Gasteiger partial charge in [0.15, 0.2) is 0 Å². The van der Waals surface area contributed by atoms with Gasteiger partial charge < -0.3 is 5.32 Å². The molecule has 0 unspecified atom stereocenters. The minimum atomic E-state index is -4.94. The fourth-order valence-corrected chi connectivity index (χ4v) is 2.21. The van der Waals surface area contributed by atoms with Crippen LogP contribution in [0.1, 0.15) is 22.3 Å². The number of halogens is 6. The molecule has 2 aromatic rings. The molecule has 2 rings (SSSR count). The van der Waals surface area contributed by atoms with Crippen LogP contribution in [0.4, 0.5) is 26.3 Å². The molecule has 31 heavy (non-hydrogen) atoms. The van der Waals surface area contributed by atoms with Gasteiger partial charge in [0.25, 0.3) is 0 Å². The summed E-state index contributed by atoms with van der Waals surface area (Å²) in [7, 11) is 0. The molecular formula is C18H16F6N6O. The lowest BCUT2D eigenvalue weighted by atomic mass is 10.0. The van der Waals surface area contributed by atoms with Gasteiger partial charge in [0.05, 0.1) is 17.7 Å². The third kappa shape index (κ3) is 8.04. The summed E-state index contributed by atoms with van der Waals surface area (Å²) in [5.74, 6) is 5.02. The number of benzene rings is 1. The summed E-state index contributed by atoms with van der Waals surface area (Å²) in [6.07, 6.45) is -2.42. The molecule has 0 spiro atoms. The normalized spacial score (nSPS) is 12.5. The summed E-state index contributed by atoms with van der Waals surface area (Å²) in [5, 5.41) is 3.35. The fourth-order valence-electron chi connectivity index (χ4n) is 2.21. The highest BCUT2D eigenvalue weighted by atomic mass is 19.4. The largest absolute Gasteiger partial charge is 0.416 e. The summed E-state index contributed by atoms with van der Waals surface area (Å²) in [6.45, 7) is -0.325. The van der Waals surface area contributed by atoms with Crippen molar-refractivity contribution >= 4 is 12.2 Å². The number of carbonyl (C=O) groups is 1. The number of alkyl halides is 6. The van der Waals surface area contributed by atoms with Crippen LogP contribution in [0.15, 0.2) is 54.2 Å². The lowest BCUT2D eigenvalue weighted by Crippen LogP contribution is -2.25. The molecule has 166 valence electrons. The number of carbonyl (C=O) groups excluding carboxylic acids is 1. The third-order valence-electron chi connectivity index (χ3n) is 3.62. The molecule has 1 heterocycles. The standard InChI is InChI=1S/C18H16F6N6O/c19-17(20,21)14-3-12(4-15(5-14)18(22,23)24)6-28-11-30(25)2-1-16(31)29-9-13-7-26-10-27-8-13/h1-5,7-8,10-11H,6,9,25H2,(H,29,31). The topological polar surface area (TPSA) is 96.5 Å². The molecular weight excluding hydrogens is 430 g/mol. The van der Waals surface area contributed by atoms with Crippen LogP contribution >= 0.6 is 0 Å². The zero-order valence-corrected chi connectivity index (χ0v) is 15.7. The van der Waals surface area contributed by atoms with E-state index in [1.165, 1.54) is 18.7 Å². The zero-order valence-electron chi connectivity index (χ0n) is 15.7. The van der Waals surface area contributed by atoms with Crippen molar-refractivity contribution in [3.8, 4) is 0 Å². The van der Waals surface area contributed by atoms with E-state index in [9.17, 15) is 31.1 Å². The monoisotopic (exact) mass is 446 g/mol. The van der Waals surface area contributed by atoms with Crippen LogP contribution in [-0.4, -0.2) is 27.2 Å². The number of aliphatic imine (C=N–C) groups is 1. The third-order valence-corrected chi connectivity index (χ3v) is 3.62. The van der Waals surface area contributed by atoms with E-state index in [0.29, 0.717) is 17.7 Å².